The van der Waals surface area contributed by atoms with Gasteiger partial charge in [0, 0.05) is 6.54 Å². The zero-order valence-electron chi connectivity index (χ0n) is 15.0. The lowest BCUT2D eigenvalue weighted by molar-refractivity contribution is 0.673. The van der Waals surface area contributed by atoms with E-state index >= 15 is 0 Å². The van der Waals surface area contributed by atoms with Gasteiger partial charge in [0.15, 0.2) is 0 Å². The Hall–Kier alpha value is -2.16. The third-order valence-corrected chi connectivity index (χ3v) is 9.59. The molecule has 0 radical (unpaired) electrons. The second kappa shape index (κ2) is 8.79. The van der Waals surface area contributed by atoms with Crippen LogP contribution in [-0.4, -0.2) is 14.6 Å². The van der Waals surface area contributed by atoms with Gasteiger partial charge in [-0.25, -0.2) is 0 Å². The van der Waals surface area contributed by atoms with Crippen molar-refractivity contribution in [2.75, 3.05) is 6.54 Å². The minimum atomic E-state index is -1.67. The van der Waals surface area contributed by atoms with Gasteiger partial charge in [-0.1, -0.05) is 108 Å². The van der Waals surface area contributed by atoms with Crippen LogP contribution in [0.1, 0.15) is 12.0 Å². The van der Waals surface area contributed by atoms with Crippen molar-refractivity contribution in [2.24, 2.45) is 0 Å². The average molecular weight is 346 g/mol. The summed E-state index contributed by atoms with van der Waals surface area (Å²) in [6, 6.07) is 34.1. The van der Waals surface area contributed by atoms with Crippen LogP contribution < -0.4 is 15.7 Å². The van der Waals surface area contributed by atoms with Crippen molar-refractivity contribution in [2.45, 2.75) is 25.6 Å². The third-order valence-electron chi connectivity index (χ3n) is 5.02. The second-order valence-electron chi connectivity index (χ2n) is 6.83. The Balaban J connectivity index is 1.63. The highest BCUT2D eigenvalue weighted by Crippen LogP contribution is 2.13. The molecule has 0 unspecified atom stereocenters. The third kappa shape index (κ3) is 4.68. The highest BCUT2D eigenvalue weighted by molar-refractivity contribution is 7.01. The Morgan fingerprint density at radius 1 is 0.680 bits per heavy atom. The van der Waals surface area contributed by atoms with E-state index in [1.807, 2.05) is 0 Å². The summed E-state index contributed by atoms with van der Waals surface area (Å²) in [5.74, 6) is 0. The molecule has 0 atom stereocenters. The van der Waals surface area contributed by atoms with Crippen LogP contribution in [0.25, 0.3) is 0 Å². The molecule has 0 saturated heterocycles. The predicted octanol–water partition coefficient (Wildman–Crippen LogP) is 4.06. The number of nitrogens with one attached hydrogen (secondary N) is 1. The van der Waals surface area contributed by atoms with E-state index in [2.05, 4.69) is 103 Å². The standard InChI is InChI=1S/C23H27NSi/c1-25(22-14-7-3-8-15-22,23-16-9-4-10-17-23)19-11-18-24-20-21-12-5-2-6-13-21/h2-10,12-17,24H,11,18-20H2,1H3. The maximum Gasteiger partial charge on any atom is 0.115 e. The normalized spacial score (nSPS) is 11.4. The molecule has 25 heavy (non-hydrogen) atoms. The maximum atomic E-state index is 3.60. The van der Waals surface area contributed by atoms with Crippen molar-refractivity contribution < 1.29 is 0 Å². The molecular formula is C23H27NSi. The van der Waals surface area contributed by atoms with Crippen LogP contribution in [0.3, 0.4) is 0 Å². The number of hydrogen-bond donors (Lipinski definition) is 1. The minimum Gasteiger partial charge on any atom is -0.313 e. The summed E-state index contributed by atoms with van der Waals surface area (Å²) in [6.45, 7) is 4.53. The molecule has 0 aliphatic carbocycles. The summed E-state index contributed by atoms with van der Waals surface area (Å²) in [6.07, 6.45) is 1.21. The summed E-state index contributed by atoms with van der Waals surface area (Å²) < 4.78 is 0. The van der Waals surface area contributed by atoms with E-state index < -0.39 is 8.07 Å². The highest BCUT2D eigenvalue weighted by Gasteiger charge is 2.30. The first-order valence-corrected chi connectivity index (χ1v) is 11.9. The summed E-state index contributed by atoms with van der Waals surface area (Å²) in [4.78, 5) is 0. The first-order valence-electron chi connectivity index (χ1n) is 9.15. The van der Waals surface area contributed by atoms with Gasteiger partial charge >= 0.3 is 0 Å². The zero-order chi connectivity index (χ0) is 17.4. The molecular weight excluding hydrogens is 318 g/mol. The first kappa shape index (κ1) is 17.7. The first-order chi connectivity index (χ1) is 12.3. The Morgan fingerprint density at radius 2 is 1.16 bits per heavy atom. The van der Waals surface area contributed by atoms with Crippen molar-refractivity contribution in [1.82, 2.24) is 5.32 Å². The van der Waals surface area contributed by atoms with Crippen LogP contribution in [0.4, 0.5) is 0 Å². The van der Waals surface area contributed by atoms with Gasteiger partial charge in [-0.2, -0.15) is 0 Å². The Bertz CT molecular complexity index is 701. The van der Waals surface area contributed by atoms with Crippen molar-refractivity contribution in [3.8, 4) is 0 Å². The SMILES string of the molecule is C[Si](CCCNCc1ccccc1)(c1ccccc1)c1ccccc1. The quantitative estimate of drug-likeness (QED) is 0.479. The molecule has 0 aliphatic heterocycles. The molecule has 3 aromatic rings. The van der Waals surface area contributed by atoms with Gasteiger partial charge in [0.25, 0.3) is 0 Å². The Morgan fingerprint density at radius 3 is 1.68 bits per heavy atom. The van der Waals surface area contributed by atoms with E-state index in [0.29, 0.717) is 0 Å². The fourth-order valence-corrected chi connectivity index (χ4v) is 7.11. The van der Waals surface area contributed by atoms with Crippen LogP contribution in [0.15, 0.2) is 91.0 Å². The molecule has 1 nitrogen and oxygen atoms in total. The van der Waals surface area contributed by atoms with Gasteiger partial charge in [0.2, 0.25) is 0 Å². The van der Waals surface area contributed by atoms with E-state index in [9.17, 15) is 0 Å². The number of rotatable bonds is 8. The lowest BCUT2D eigenvalue weighted by Crippen LogP contribution is -2.55. The minimum absolute atomic E-state index is 0.954. The van der Waals surface area contributed by atoms with Crippen LogP contribution in [-0.2, 0) is 6.54 Å². The Kier molecular flexibility index (Phi) is 6.21. The van der Waals surface area contributed by atoms with Crippen LogP contribution in [0.5, 0.6) is 0 Å². The lowest BCUT2D eigenvalue weighted by atomic mass is 10.2. The van der Waals surface area contributed by atoms with Gasteiger partial charge in [-0.15, -0.1) is 0 Å². The molecule has 3 aromatic carbocycles. The molecule has 3 rings (SSSR count). The molecule has 0 spiro atoms. The summed E-state index contributed by atoms with van der Waals surface area (Å²) in [5.41, 5.74) is 1.36. The van der Waals surface area contributed by atoms with Gasteiger partial charge in [0.1, 0.15) is 8.07 Å². The van der Waals surface area contributed by atoms with Crippen molar-refractivity contribution in [1.29, 1.82) is 0 Å². The van der Waals surface area contributed by atoms with Crippen molar-refractivity contribution in [3.05, 3.63) is 96.6 Å². The molecule has 1 N–H and O–H groups in total. The molecule has 0 saturated carbocycles. The van der Waals surface area contributed by atoms with Crippen molar-refractivity contribution >= 4 is 18.4 Å². The zero-order valence-corrected chi connectivity index (χ0v) is 16.0. The van der Waals surface area contributed by atoms with E-state index in [1.54, 1.807) is 0 Å². The van der Waals surface area contributed by atoms with E-state index in [4.69, 9.17) is 0 Å². The van der Waals surface area contributed by atoms with Gasteiger partial charge in [0.05, 0.1) is 0 Å². The van der Waals surface area contributed by atoms with Crippen LogP contribution in [0, 0.1) is 0 Å². The van der Waals surface area contributed by atoms with E-state index in [1.165, 1.54) is 28.4 Å². The van der Waals surface area contributed by atoms with Gasteiger partial charge in [-0.05, 0) is 24.6 Å². The predicted molar refractivity (Wildman–Crippen MR) is 111 cm³/mol. The molecule has 0 aromatic heterocycles. The van der Waals surface area contributed by atoms with E-state index in [0.717, 1.165) is 13.1 Å². The molecule has 0 bridgehead atoms. The average Bonchev–Trinajstić information content (AvgIpc) is 2.70. The smallest absolute Gasteiger partial charge is 0.115 e. The molecule has 0 amide bonds. The molecule has 0 heterocycles. The van der Waals surface area contributed by atoms with Crippen LogP contribution >= 0.6 is 0 Å². The summed E-state index contributed by atoms with van der Waals surface area (Å²) in [7, 11) is -1.67. The second-order valence-corrected chi connectivity index (χ2v) is 11.1. The fourth-order valence-electron chi connectivity index (χ4n) is 3.46. The highest BCUT2D eigenvalue weighted by atomic mass is 28.3. The largest absolute Gasteiger partial charge is 0.313 e. The maximum absolute atomic E-state index is 3.60. The fraction of sp³-hybridized carbons (Fsp3) is 0.217. The summed E-state index contributed by atoms with van der Waals surface area (Å²) >= 11 is 0. The van der Waals surface area contributed by atoms with E-state index in [-0.39, 0.29) is 0 Å². The van der Waals surface area contributed by atoms with Crippen LogP contribution in [0.2, 0.25) is 12.6 Å². The van der Waals surface area contributed by atoms with Crippen molar-refractivity contribution in [3.63, 3.8) is 0 Å². The monoisotopic (exact) mass is 345 g/mol. The number of benzene rings is 3. The summed E-state index contributed by atoms with van der Waals surface area (Å²) in [5, 5.41) is 6.66. The van der Waals surface area contributed by atoms with Gasteiger partial charge in [-0.3, -0.25) is 0 Å². The molecule has 0 fully saturated rings. The van der Waals surface area contributed by atoms with Gasteiger partial charge < -0.3 is 5.32 Å². The lowest BCUT2D eigenvalue weighted by Gasteiger charge is -2.29. The molecule has 128 valence electrons. The Labute approximate surface area is 152 Å². The topological polar surface area (TPSA) is 12.0 Å². The molecule has 2 heteroatoms. The number of hydrogen-bond acceptors (Lipinski definition) is 1. The molecule has 0 aliphatic rings.